The van der Waals surface area contributed by atoms with Crippen molar-refractivity contribution >= 4 is 43.4 Å². The number of Topliss-reactive ketones (excluding diaryl/α,β-unsaturated/α-hetero) is 2. The van der Waals surface area contributed by atoms with Crippen LogP contribution in [-0.2, 0) is 9.59 Å². The Bertz CT molecular complexity index is 308. The number of alkyl halides is 2. The minimum atomic E-state index is -0.393. The number of halogens is 2. The fourth-order valence-corrected chi connectivity index (χ4v) is 5.97. The van der Waals surface area contributed by atoms with Gasteiger partial charge in [0.2, 0.25) is 0 Å². The third kappa shape index (κ3) is 0.967. The van der Waals surface area contributed by atoms with Crippen LogP contribution >= 0.6 is 31.9 Å². The highest BCUT2D eigenvalue weighted by molar-refractivity contribution is 9.11. The molecule has 0 aromatic carbocycles. The number of rotatable bonds is 0. The zero-order valence-electron chi connectivity index (χ0n) is 7.56. The van der Waals surface area contributed by atoms with Crippen LogP contribution in [0.2, 0.25) is 0 Å². The van der Waals surface area contributed by atoms with Gasteiger partial charge >= 0.3 is 0 Å². The number of ketones is 2. The first-order valence-electron chi connectivity index (χ1n) is 4.91. The molecule has 0 N–H and O–H groups in total. The lowest BCUT2D eigenvalue weighted by molar-refractivity contribution is -0.145. The van der Waals surface area contributed by atoms with Crippen molar-refractivity contribution in [2.24, 2.45) is 11.8 Å². The molecule has 0 radical (unpaired) electrons. The molecule has 76 valence electrons. The van der Waals surface area contributed by atoms with Gasteiger partial charge in [-0.2, -0.15) is 0 Å². The highest BCUT2D eigenvalue weighted by Gasteiger charge is 2.65. The van der Waals surface area contributed by atoms with Gasteiger partial charge in [0.15, 0.2) is 5.78 Å². The van der Waals surface area contributed by atoms with E-state index in [0.717, 1.165) is 0 Å². The molecule has 0 aromatic heterocycles. The molecule has 0 spiro atoms. The molecule has 0 unspecified atom stereocenters. The molecule has 4 aliphatic carbocycles. The first-order chi connectivity index (χ1) is 6.45. The van der Waals surface area contributed by atoms with E-state index in [4.69, 9.17) is 0 Å². The average molecular weight is 322 g/mol. The second-order valence-electron chi connectivity index (χ2n) is 4.87. The number of hydrogen-bond acceptors (Lipinski definition) is 2. The zero-order valence-corrected chi connectivity index (χ0v) is 10.7. The zero-order chi connectivity index (χ0) is 10.1. The van der Waals surface area contributed by atoms with E-state index in [1.165, 1.54) is 0 Å². The fraction of sp³-hybridized carbons (Fsp3) is 0.800. The van der Waals surface area contributed by atoms with Crippen molar-refractivity contribution in [3.63, 3.8) is 0 Å². The van der Waals surface area contributed by atoms with Crippen LogP contribution in [0.1, 0.15) is 25.7 Å². The Balaban J connectivity index is 2.11. The Morgan fingerprint density at radius 3 is 1.64 bits per heavy atom. The summed E-state index contributed by atoms with van der Waals surface area (Å²) in [6.07, 6.45) is 2.87. The number of carbonyl (C=O) groups excluding carboxylic acids is 2. The van der Waals surface area contributed by atoms with Crippen LogP contribution < -0.4 is 0 Å². The molecule has 4 rings (SSSR count). The van der Waals surface area contributed by atoms with Crippen molar-refractivity contribution in [2.45, 2.75) is 34.3 Å². The lowest BCUT2D eigenvalue weighted by atomic mass is 9.55. The summed E-state index contributed by atoms with van der Waals surface area (Å²) in [4.78, 5) is 23.9. The Hall–Kier alpha value is 0.300. The third-order valence-electron chi connectivity index (χ3n) is 3.90. The molecule has 0 saturated heterocycles. The molecule has 0 aromatic rings. The van der Waals surface area contributed by atoms with Gasteiger partial charge in [0.25, 0.3) is 0 Å². The molecule has 14 heavy (non-hydrogen) atoms. The minimum absolute atomic E-state index is 0.110. The Morgan fingerprint density at radius 2 is 1.29 bits per heavy atom. The average Bonchev–Trinajstić information content (AvgIpc) is 2.07. The first-order valence-corrected chi connectivity index (χ1v) is 6.50. The van der Waals surface area contributed by atoms with Crippen LogP contribution in [0, 0.1) is 11.8 Å². The lowest BCUT2D eigenvalue weighted by Gasteiger charge is -2.55. The van der Waals surface area contributed by atoms with Crippen molar-refractivity contribution in [3.05, 3.63) is 0 Å². The Labute approximate surface area is 99.1 Å². The Morgan fingerprint density at radius 1 is 0.929 bits per heavy atom. The molecule has 4 heteroatoms. The maximum atomic E-state index is 12.1. The largest absolute Gasteiger partial charge is 0.299 e. The molecule has 4 fully saturated rings. The minimum Gasteiger partial charge on any atom is -0.299 e. The lowest BCUT2D eigenvalue weighted by Crippen LogP contribution is -2.64. The van der Waals surface area contributed by atoms with Crippen LogP contribution in [0.5, 0.6) is 0 Å². The van der Waals surface area contributed by atoms with E-state index in [-0.39, 0.29) is 17.6 Å². The number of hydrogen-bond donors (Lipinski definition) is 0. The molecule has 0 heterocycles. The summed E-state index contributed by atoms with van der Waals surface area (Å²) >= 11 is 7.11. The summed E-state index contributed by atoms with van der Waals surface area (Å²) < 4.78 is -0.785. The molecular formula is C10H10Br2O2. The molecule has 4 aliphatic rings. The van der Waals surface area contributed by atoms with Gasteiger partial charge in [-0.1, -0.05) is 31.9 Å². The summed E-state index contributed by atoms with van der Waals surface area (Å²) in [5.74, 6) is 0.880. The highest BCUT2D eigenvalue weighted by atomic mass is 79.9. The van der Waals surface area contributed by atoms with E-state index in [1.807, 2.05) is 0 Å². The molecule has 0 atom stereocenters. The van der Waals surface area contributed by atoms with E-state index in [9.17, 15) is 9.59 Å². The topological polar surface area (TPSA) is 34.1 Å². The predicted octanol–water partition coefficient (Wildman–Crippen LogP) is 2.23. The van der Waals surface area contributed by atoms with Crippen LogP contribution in [0.25, 0.3) is 0 Å². The smallest absolute Gasteiger partial charge is 0.166 e. The van der Waals surface area contributed by atoms with Gasteiger partial charge in [-0.15, -0.1) is 0 Å². The Kier molecular flexibility index (Phi) is 1.71. The van der Waals surface area contributed by atoms with Crippen molar-refractivity contribution in [2.75, 3.05) is 0 Å². The van der Waals surface area contributed by atoms with Crippen molar-refractivity contribution in [3.8, 4) is 0 Å². The molecule has 4 saturated carbocycles. The first kappa shape index (κ1) is 9.52. The normalized spacial score (nSPS) is 55.6. The van der Waals surface area contributed by atoms with Crippen LogP contribution in [0.3, 0.4) is 0 Å². The number of carbonyl (C=O) groups is 2. The molecular weight excluding hydrogens is 312 g/mol. The summed E-state index contributed by atoms with van der Waals surface area (Å²) in [5, 5.41) is 0. The molecule has 0 aliphatic heterocycles. The van der Waals surface area contributed by atoms with Gasteiger partial charge in [-0.25, -0.2) is 0 Å². The molecule has 0 amide bonds. The summed E-state index contributed by atoms with van der Waals surface area (Å²) in [6, 6.07) is 0. The van der Waals surface area contributed by atoms with E-state index >= 15 is 0 Å². The fourth-order valence-electron chi connectivity index (χ4n) is 3.38. The van der Waals surface area contributed by atoms with E-state index in [2.05, 4.69) is 31.9 Å². The van der Waals surface area contributed by atoms with Gasteiger partial charge in [-0.3, -0.25) is 9.59 Å². The standard InChI is InChI=1S/C10H10Br2O2/c11-9-1-5-2-10(12,8(9)14)4-6(3-9)7(5)13/h5-6H,1-4H2. The maximum absolute atomic E-state index is 12.1. The van der Waals surface area contributed by atoms with Gasteiger partial charge in [-0.05, 0) is 25.7 Å². The molecule has 4 bridgehead atoms. The summed E-state index contributed by atoms with van der Waals surface area (Å²) in [6.45, 7) is 0. The van der Waals surface area contributed by atoms with Crippen molar-refractivity contribution in [1.82, 2.24) is 0 Å². The van der Waals surface area contributed by atoms with Crippen LogP contribution in [-0.4, -0.2) is 20.2 Å². The van der Waals surface area contributed by atoms with Gasteiger partial charge in [0.1, 0.15) is 5.78 Å². The monoisotopic (exact) mass is 320 g/mol. The second-order valence-corrected chi connectivity index (χ2v) is 7.91. The van der Waals surface area contributed by atoms with Gasteiger partial charge < -0.3 is 0 Å². The van der Waals surface area contributed by atoms with E-state index in [1.54, 1.807) is 0 Å². The van der Waals surface area contributed by atoms with E-state index in [0.29, 0.717) is 31.5 Å². The molecule has 2 nitrogen and oxygen atoms in total. The van der Waals surface area contributed by atoms with Crippen molar-refractivity contribution in [1.29, 1.82) is 0 Å². The maximum Gasteiger partial charge on any atom is 0.166 e. The predicted molar refractivity (Wildman–Crippen MR) is 58.8 cm³/mol. The van der Waals surface area contributed by atoms with E-state index < -0.39 is 8.65 Å². The van der Waals surface area contributed by atoms with Crippen LogP contribution in [0.15, 0.2) is 0 Å². The highest BCUT2D eigenvalue weighted by Crippen LogP contribution is 2.60. The third-order valence-corrected chi connectivity index (χ3v) is 5.91. The van der Waals surface area contributed by atoms with Gasteiger partial charge in [0, 0.05) is 11.8 Å². The van der Waals surface area contributed by atoms with Crippen molar-refractivity contribution < 1.29 is 9.59 Å². The second kappa shape index (κ2) is 2.51. The summed E-state index contributed by atoms with van der Waals surface area (Å²) in [7, 11) is 0. The van der Waals surface area contributed by atoms with Gasteiger partial charge in [0.05, 0.1) is 8.65 Å². The van der Waals surface area contributed by atoms with Crippen LogP contribution in [0.4, 0.5) is 0 Å². The summed E-state index contributed by atoms with van der Waals surface area (Å²) in [5.41, 5.74) is 0. The quantitative estimate of drug-likeness (QED) is 0.641. The SMILES string of the molecule is O=C1C2CC3(Br)CC1CC(Br)(C2)C3=O.